The summed E-state index contributed by atoms with van der Waals surface area (Å²) in [6.07, 6.45) is 0.0529. The Kier molecular flexibility index (Phi) is 6.02. The molecule has 0 fully saturated rings. The van der Waals surface area contributed by atoms with Crippen LogP contribution in [-0.2, 0) is 20.7 Å². The summed E-state index contributed by atoms with van der Waals surface area (Å²) >= 11 is 3.30. The lowest BCUT2D eigenvalue weighted by atomic mass is 10.2. The van der Waals surface area contributed by atoms with Crippen LogP contribution in [0.5, 0.6) is 0 Å². The van der Waals surface area contributed by atoms with Gasteiger partial charge in [0.25, 0.3) is 11.6 Å². The molecule has 0 saturated heterocycles. The fourth-order valence-corrected chi connectivity index (χ4v) is 2.12. The molecule has 24 heavy (non-hydrogen) atoms. The average molecular weight is 393 g/mol. The minimum absolute atomic E-state index is 0.0529. The van der Waals surface area contributed by atoms with E-state index in [2.05, 4.69) is 21.2 Å². The molecule has 0 atom stereocenters. The van der Waals surface area contributed by atoms with Gasteiger partial charge in [0.1, 0.15) is 0 Å². The molecule has 0 bridgehead atoms. The number of ether oxygens (including phenoxy) is 1. The number of esters is 1. The predicted molar refractivity (Wildman–Crippen MR) is 90.5 cm³/mol. The summed E-state index contributed by atoms with van der Waals surface area (Å²) in [5, 5.41) is 13.1. The molecular formula is C16H13BrN2O5. The van der Waals surface area contributed by atoms with Gasteiger partial charge in [-0.3, -0.25) is 19.7 Å². The van der Waals surface area contributed by atoms with Crippen molar-refractivity contribution in [2.45, 2.75) is 6.42 Å². The Morgan fingerprint density at radius 1 is 1.17 bits per heavy atom. The van der Waals surface area contributed by atoms with Gasteiger partial charge in [-0.25, -0.2) is 0 Å². The van der Waals surface area contributed by atoms with E-state index in [1.165, 1.54) is 24.3 Å². The highest BCUT2D eigenvalue weighted by Crippen LogP contribution is 2.17. The maximum atomic E-state index is 11.7. The number of nitrogens with zero attached hydrogens (tertiary/aromatic N) is 1. The van der Waals surface area contributed by atoms with Gasteiger partial charge in [0, 0.05) is 22.3 Å². The van der Waals surface area contributed by atoms with Gasteiger partial charge in [0.2, 0.25) is 0 Å². The molecule has 1 N–H and O–H groups in total. The van der Waals surface area contributed by atoms with E-state index >= 15 is 0 Å². The zero-order valence-corrected chi connectivity index (χ0v) is 14.0. The molecule has 7 nitrogen and oxygen atoms in total. The van der Waals surface area contributed by atoms with Crippen LogP contribution in [0.15, 0.2) is 53.0 Å². The number of non-ortho nitro benzene ring substituents is 1. The second kappa shape index (κ2) is 8.21. The first-order valence-corrected chi connectivity index (χ1v) is 7.68. The van der Waals surface area contributed by atoms with Gasteiger partial charge in [-0.2, -0.15) is 0 Å². The van der Waals surface area contributed by atoms with Crippen molar-refractivity contribution >= 4 is 39.2 Å². The number of benzene rings is 2. The van der Waals surface area contributed by atoms with Crippen LogP contribution >= 0.6 is 15.9 Å². The third kappa shape index (κ3) is 5.47. The number of carbonyl (C=O) groups is 2. The molecule has 2 rings (SSSR count). The number of carbonyl (C=O) groups excluding carboxylic acids is 2. The first-order chi connectivity index (χ1) is 11.4. The van der Waals surface area contributed by atoms with Crippen molar-refractivity contribution < 1.29 is 19.2 Å². The van der Waals surface area contributed by atoms with Crippen LogP contribution in [0.25, 0.3) is 0 Å². The molecule has 2 aromatic rings. The summed E-state index contributed by atoms with van der Waals surface area (Å²) < 4.78 is 5.79. The molecule has 0 unspecified atom stereocenters. The first kappa shape index (κ1) is 17.6. The third-order valence-electron chi connectivity index (χ3n) is 2.97. The first-order valence-electron chi connectivity index (χ1n) is 6.88. The highest BCUT2D eigenvalue weighted by atomic mass is 79.9. The van der Waals surface area contributed by atoms with Crippen molar-refractivity contribution in [2.75, 3.05) is 11.9 Å². The number of nitro groups is 1. The van der Waals surface area contributed by atoms with E-state index in [0.717, 1.165) is 10.0 Å². The number of amides is 1. The van der Waals surface area contributed by atoms with E-state index in [4.69, 9.17) is 4.74 Å². The highest BCUT2D eigenvalue weighted by molar-refractivity contribution is 9.10. The maximum absolute atomic E-state index is 11.7. The van der Waals surface area contributed by atoms with Crippen LogP contribution in [0.1, 0.15) is 5.56 Å². The van der Waals surface area contributed by atoms with E-state index in [1.54, 1.807) is 24.3 Å². The summed E-state index contributed by atoms with van der Waals surface area (Å²) in [6.45, 7) is -0.460. The Bertz CT molecular complexity index is 761. The number of nitrogens with one attached hydrogen (secondary N) is 1. The van der Waals surface area contributed by atoms with E-state index in [9.17, 15) is 19.7 Å². The standard InChI is InChI=1S/C16H13BrN2O5/c17-12-6-4-11(5-7-12)8-16(21)24-10-15(20)18-13-2-1-3-14(9-13)19(22)23/h1-7,9H,8,10H2,(H,18,20). The van der Waals surface area contributed by atoms with E-state index in [0.29, 0.717) is 0 Å². The monoisotopic (exact) mass is 392 g/mol. The maximum Gasteiger partial charge on any atom is 0.310 e. The van der Waals surface area contributed by atoms with Gasteiger partial charge in [-0.05, 0) is 23.8 Å². The van der Waals surface area contributed by atoms with Crippen molar-refractivity contribution in [3.05, 3.63) is 68.7 Å². The van der Waals surface area contributed by atoms with Crippen molar-refractivity contribution in [3.8, 4) is 0 Å². The number of hydrogen-bond acceptors (Lipinski definition) is 5. The van der Waals surface area contributed by atoms with Gasteiger partial charge in [0.05, 0.1) is 11.3 Å². The molecule has 0 spiro atoms. The molecule has 8 heteroatoms. The summed E-state index contributed by atoms with van der Waals surface area (Å²) in [7, 11) is 0. The molecule has 0 radical (unpaired) electrons. The molecule has 0 aliphatic rings. The Hall–Kier alpha value is -2.74. The topological polar surface area (TPSA) is 98.5 Å². The summed E-state index contributed by atoms with van der Waals surface area (Å²) in [4.78, 5) is 33.5. The zero-order chi connectivity index (χ0) is 17.5. The SMILES string of the molecule is O=C(COC(=O)Cc1ccc(Br)cc1)Nc1cccc([N+](=O)[O-])c1. The van der Waals surface area contributed by atoms with Gasteiger partial charge < -0.3 is 10.1 Å². The summed E-state index contributed by atoms with van der Waals surface area (Å²) in [6, 6.07) is 12.6. The predicted octanol–water partition coefficient (Wildman–Crippen LogP) is 3.08. The molecule has 124 valence electrons. The van der Waals surface area contributed by atoms with Crippen LogP contribution in [-0.4, -0.2) is 23.4 Å². The van der Waals surface area contributed by atoms with Gasteiger partial charge in [-0.15, -0.1) is 0 Å². The minimum atomic E-state index is -0.570. The van der Waals surface area contributed by atoms with Crippen LogP contribution in [0, 0.1) is 10.1 Å². The normalized spacial score (nSPS) is 10.0. The molecule has 0 saturated carbocycles. The van der Waals surface area contributed by atoms with Crippen molar-refractivity contribution in [2.24, 2.45) is 0 Å². The average Bonchev–Trinajstić information content (AvgIpc) is 2.55. The smallest absolute Gasteiger partial charge is 0.310 e. The van der Waals surface area contributed by atoms with E-state index in [-0.39, 0.29) is 17.8 Å². The number of halogens is 1. The van der Waals surface area contributed by atoms with Gasteiger partial charge in [-0.1, -0.05) is 34.1 Å². The zero-order valence-electron chi connectivity index (χ0n) is 12.4. The minimum Gasteiger partial charge on any atom is -0.455 e. The Labute approximate surface area is 145 Å². The molecule has 0 aliphatic heterocycles. The fraction of sp³-hybridized carbons (Fsp3) is 0.125. The fourth-order valence-electron chi connectivity index (χ4n) is 1.86. The van der Waals surface area contributed by atoms with Crippen LogP contribution in [0.3, 0.4) is 0 Å². The van der Waals surface area contributed by atoms with E-state index < -0.39 is 23.4 Å². The lowest BCUT2D eigenvalue weighted by Crippen LogP contribution is -2.21. The second-order valence-electron chi connectivity index (χ2n) is 4.82. The molecule has 0 aliphatic carbocycles. The van der Waals surface area contributed by atoms with Crippen molar-refractivity contribution in [1.82, 2.24) is 0 Å². The summed E-state index contributed by atoms with van der Waals surface area (Å²) in [5.41, 5.74) is 0.889. The molecule has 1 amide bonds. The number of anilines is 1. The lowest BCUT2D eigenvalue weighted by molar-refractivity contribution is -0.384. The molecular weight excluding hydrogens is 380 g/mol. The van der Waals surface area contributed by atoms with Crippen molar-refractivity contribution in [1.29, 1.82) is 0 Å². The number of nitro benzene ring substituents is 1. The second-order valence-corrected chi connectivity index (χ2v) is 5.74. The van der Waals surface area contributed by atoms with Crippen LogP contribution in [0.2, 0.25) is 0 Å². The quantitative estimate of drug-likeness (QED) is 0.462. The largest absolute Gasteiger partial charge is 0.455 e. The van der Waals surface area contributed by atoms with E-state index in [1.807, 2.05) is 0 Å². The van der Waals surface area contributed by atoms with Gasteiger partial charge >= 0.3 is 5.97 Å². The molecule has 2 aromatic carbocycles. The van der Waals surface area contributed by atoms with Crippen molar-refractivity contribution in [3.63, 3.8) is 0 Å². The number of hydrogen-bond donors (Lipinski definition) is 1. The molecule has 0 aromatic heterocycles. The molecule has 0 heterocycles. The Balaban J connectivity index is 1.82. The van der Waals surface area contributed by atoms with Gasteiger partial charge in [0.15, 0.2) is 6.61 Å². The van der Waals surface area contributed by atoms with Crippen LogP contribution in [0.4, 0.5) is 11.4 Å². The van der Waals surface area contributed by atoms with Crippen LogP contribution < -0.4 is 5.32 Å². The Morgan fingerprint density at radius 3 is 2.54 bits per heavy atom. The number of rotatable bonds is 6. The third-order valence-corrected chi connectivity index (χ3v) is 3.50. The highest BCUT2D eigenvalue weighted by Gasteiger charge is 2.11. The summed E-state index contributed by atoms with van der Waals surface area (Å²) in [5.74, 6) is -1.11. The Morgan fingerprint density at radius 2 is 1.88 bits per heavy atom. The lowest BCUT2D eigenvalue weighted by Gasteiger charge is -2.07.